The van der Waals surface area contributed by atoms with E-state index in [1.165, 1.54) is 0 Å². The molecule has 17 heavy (non-hydrogen) atoms. The van der Waals surface area contributed by atoms with Crippen LogP contribution >= 0.6 is 0 Å². The maximum absolute atomic E-state index is 11.4. The van der Waals surface area contributed by atoms with Crippen molar-refractivity contribution in [3.05, 3.63) is 0 Å². The average Bonchev–Trinajstić information content (AvgIpc) is 2.35. The van der Waals surface area contributed by atoms with E-state index in [0.717, 1.165) is 45.4 Å². The highest BCUT2D eigenvalue weighted by molar-refractivity contribution is 5.60. The Morgan fingerprint density at radius 2 is 2.29 bits per heavy atom. The highest BCUT2D eigenvalue weighted by atomic mass is 16.5. The molecule has 4 heteroatoms. The van der Waals surface area contributed by atoms with Gasteiger partial charge in [0.2, 0.25) is 0 Å². The molecule has 0 saturated carbocycles. The summed E-state index contributed by atoms with van der Waals surface area (Å²) in [5.41, 5.74) is -0.288. The average molecular weight is 241 g/mol. The smallest absolute Gasteiger partial charge is 0.129 e. The molecule has 2 saturated heterocycles. The van der Waals surface area contributed by atoms with Crippen LogP contribution in [0, 0.1) is 5.41 Å². The summed E-state index contributed by atoms with van der Waals surface area (Å²) in [7, 11) is 0. The van der Waals surface area contributed by atoms with E-state index >= 15 is 0 Å². The molecule has 0 aromatic heterocycles. The summed E-state index contributed by atoms with van der Waals surface area (Å²) in [5, 5.41) is 0. The van der Waals surface area contributed by atoms with Gasteiger partial charge in [-0.15, -0.1) is 0 Å². The van der Waals surface area contributed by atoms with Gasteiger partial charge in [0.1, 0.15) is 6.29 Å². The van der Waals surface area contributed by atoms with Gasteiger partial charge in [-0.2, -0.15) is 0 Å². The monoisotopic (exact) mass is 241 g/mol. The standard InChI is InChI=1S/C13H23NO3/c1-11-7-17-12(2)6-14(11)8-13(9-15)4-3-5-16-10-13/h9,11-12H,3-8,10H2,1-2H3. The number of hydrogen-bond acceptors (Lipinski definition) is 4. The van der Waals surface area contributed by atoms with Crippen LogP contribution in [-0.2, 0) is 14.3 Å². The van der Waals surface area contributed by atoms with E-state index in [0.29, 0.717) is 12.6 Å². The fourth-order valence-corrected chi connectivity index (χ4v) is 2.73. The van der Waals surface area contributed by atoms with Gasteiger partial charge < -0.3 is 14.3 Å². The Morgan fingerprint density at radius 1 is 1.47 bits per heavy atom. The lowest BCUT2D eigenvalue weighted by Crippen LogP contribution is -2.53. The van der Waals surface area contributed by atoms with E-state index in [2.05, 4.69) is 18.7 Å². The first-order valence-corrected chi connectivity index (χ1v) is 6.55. The van der Waals surface area contributed by atoms with Crippen molar-refractivity contribution in [2.24, 2.45) is 5.41 Å². The maximum atomic E-state index is 11.4. The second kappa shape index (κ2) is 5.46. The van der Waals surface area contributed by atoms with Gasteiger partial charge in [-0.1, -0.05) is 0 Å². The number of carbonyl (C=O) groups is 1. The normalized spacial score (nSPS) is 40.1. The quantitative estimate of drug-likeness (QED) is 0.693. The Balaban J connectivity index is 1.99. The predicted octanol–water partition coefficient (Wildman–Crippen LogP) is 1.09. The molecule has 4 nitrogen and oxygen atoms in total. The van der Waals surface area contributed by atoms with Crippen molar-refractivity contribution in [2.75, 3.05) is 32.9 Å². The summed E-state index contributed by atoms with van der Waals surface area (Å²) < 4.78 is 11.1. The Kier molecular flexibility index (Phi) is 4.17. The van der Waals surface area contributed by atoms with Gasteiger partial charge in [-0.25, -0.2) is 0 Å². The highest BCUT2D eigenvalue weighted by Crippen LogP contribution is 2.29. The summed E-state index contributed by atoms with van der Waals surface area (Å²) >= 11 is 0. The van der Waals surface area contributed by atoms with Crippen LogP contribution in [0.15, 0.2) is 0 Å². The molecule has 3 atom stereocenters. The summed E-state index contributed by atoms with van der Waals surface area (Å²) in [6, 6.07) is 0.393. The van der Waals surface area contributed by atoms with Crippen molar-refractivity contribution in [3.8, 4) is 0 Å². The van der Waals surface area contributed by atoms with Gasteiger partial charge in [0.25, 0.3) is 0 Å². The van der Waals surface area contributed by atoms with E-state index in [1.54, 1.807) is 0 Å². The molecule has 2 fully saturated rings. The zero-order valence-corrected chi connectivity index (χ0v) is 10.9. The number of hydrogen-bond donors (Lipinski definition) is 0. The van der Waals surface area contributed by atoms with Crippen LogP contribution in [0.2, 0.25) is 0 Å². The highest BCUT2D eigenvalue weighted by Gasteiger charge is 2.37. The van der Waals surface area contributed by atoms with Crippen molar-refractivity contribution in [3.63, 3.8) is 0 Å². The Labute approximate surface area is 103 Å². The summed E-state index contributed by atoms with van der Waals surface area (Å²) in [4.78, 5) is 13.8. The molecule has 0 spiro atoms. The molecule has 2 rings (SSSR count). The summed E-state index contributed by atoms with van der Waals surface area (Å²) in [5.74, 6) is 0. The number of aldehydes is 1. The molecule has 0 amide bonds. The van der Waals surface area contributed by atoms with E-state index in [4.69, 9.17) is 9.47 Å². The van der Waals surface area contributed by atoms with Crippen molar-refractivity contribution in [1.82, 2.24) is 4.90 Å². The SMILES string of the molecule is CC1CN(CC2(C=O)CCCOC2)C(C)CO1. The lowest BCUT2D eigenvalue weighted by atomic mass is 9.83. The van der Waals surface area contributed by atoms with Crippen molar-refractivity contribution in [1.29, 1.82) is 0 Å². The minimum Gasteiger partial charge on any atom is -0.380 e. The van der Waals surface area contributed by atoms with Crippen LogP contribution in [0.4, 0.5) is 0 Å². The third-order valence-corrected chi connectivity index (χ3v) is 3.86. The van der Waals surface area contributed by atoms with Gasteiger partial charge in [0, 0.05) is 25.7 Å². The van der Waals surface area contributed by atoms with Gasteiger partial charge in [0.15, 0.2) is 0 Å². The second-order valence-electron chi connectivity index (χ2n) is 5.56. The fourth-order valence-electron chi connectivity index (χ4n) is 2.73. The molecule has 3 unspecified atom stereocenters. The zero-order chi connectivity index (χ0) is 12.3. The molecule has 0 radical (unpaired) electrons. The summed E-state index contributed by atoms with van der Waals surface area (Å²) in [6.07, 6.45) is 3.32. The first-order chi connectivity index (χ1) is 8.15. The molecule has 0 aliphatic carbocycles. The molecular weight excluding hydrogens is 218 g/mol. The fraction of sp³-hybridized carbons (Fsp3) is 0.923. The Morgan fingerprint density at radius 3 is 2.94 bits per heavy atom. The van der Waals surface area contributed by atoms with Gasteiger partial charge in [0.05, 0.1) is 24.7 Å². The number of carbonyl (C=O) groups excluding carboxylic acids is 1. The summed E-state index contributed by atoms with van der Waals surface area (Å²) in [6.45, 7) is 8.11. The van der Waals surface area contributed by atoms with Crippen LogP contribution < -0.4 is 0 Å². The van der Waals surface area contributed by atoms with Crippen LogP contribution in [0.25, 0.3) is 0 Å². The molecule has 0 N–H and O–H groups in total. The zero-order valence-electron chi connectivity index (χ0n) is 10.9. The minimum absolute atomic E-state index is 0.263. The molecule has 0 bridgehead atoms. The molecule has 2 aliphatic rings. The first kappa shape index (κ1) is 13.0. The number of morpholine rings is 1. The van der Waals surface area contributed by atoms with E-state index in [1.807, 2.05) is 0 Å². The molecule has 98 valence electrons. The lowest BCUT2D eigenvalue weighted by molar-refractivity contribution is -0.130. The van der Waals surface area contributed by atoms with Crippen molar-refractivity contribution >= 4 is 6.29 Å². The van der Waals surface area contributed by atoms with Crippen LogP contribution in [0.1, 0.15) is 26.7 Å². The van der Waals surface area contributed by atoms with Crippen LogP contribution in [0.5, 0.6) is 0 Å². The Hall–Kier alpha value is -0.450. The minimum atomic E-state index is -0.288. The number of nitrogens with zero attached hydrogens (tertiary/aromatic N) is 1. The molecule has 2 heterocycles. The largest absolute Gasteiger partial charge is 0.380 e. The first-order valence-electron chi connectivity index (χ1n) is 6.55. The van der Waals surface area contributed by atoms with E-state index < -0.39 is 0 Å². The predicted molar refractivity (Wildman–Crippen MR) is 65.0 cm³/mol. The van der Waals surface area contributed by atoms with Crippen molar-refractivity contribution < 1.29 is 14.3 Å². The lowest BCUT2D eigenvalue weighted by Gasteiger charge is -2.42. The number of rotatable bonds is 3. The number of ether oxygens (including phenoxy) is 2. The second-order valence-corrected chi connectivity index (χ2v) is 5.56. The molecule has 2 aliphatic heterocycles. The third kappa shape index (κ3) is 3.06. The van der Waals surface area contributed by atoms with Gasteiger partial charge in [-0.05, 0) is 26.7 Å². The molecular formula is C13H23NO3. The third-order valence-electron chi connectivity index (χ3n) is 3.86. The van der Waals surface area contributed by atoms with E-state index in [9.17, 15) is 4.79 Å². The van der Waals surface area contributed by atoms with Gasteiger partial charge in [-0.3, -0.25) is 4.90 Å². The van der Waals surface area contributed by atoms with Gasteiger partial charge >= 0.3 is 0 Å². The Bertz CT molecular complexity index is 263. The van der Waals surface area contributed by atoms with Crippen LogP contribution in [-0.4, -0.2) is 56.2 Å². The molecule has 0 aromatic carbocycles. The van der Waals surface area contributed by atoms with Crippen molar-refractivity contribution in [2.45, 2.75) is 38.8 Å². The van der Waals surface area contributed by atoms with E-state index in [-0.39, 0.29) is 11.5 Å². The van der Waals surface area contributed by atoms with Crippen LogP contribution in [0.3, 0.4) is 0 Å². The topological polar surface area (TPSA) is 38.8 Å². The maximum Gasteiger partial charge on any atom is 0.129 e. The molecule has 0 aromatic rings.